The third-order valence-electron chi connectivity index (χ3n) is 4.47. The van der Waals surface area contributed by atoms with E-state index in [0.29, 0.717) is 5.92 Å². The summed E-state index contributed by atoms with van der Waals surface area (Å²) in [6.45, 7) is 1.99. The smallest absolute Gasteiger partial charge is 0.171 e. The zero-order chi connectivity index (χ0) is 16.9. The van der Waals surface area contributed by atoms with E-state index in [1.165, 1.54) is 5.56 Å². The van der Waals surface area contributed by atoms with E-state index in [-0.39, 0.29) is 0 Å². The summed E-state index contributed by atoms with van der Waals surface area (Å²) in [6.07, 6.45) is 5.63. The fraction of sp³-hybridized carbons (Fsp3) is 0.444. The lowest BCUT2D eigenvalue weighted by Gasteiger charge is -2.19. The average molecular weight is 328 g/mol. The molecule has 1 N–H and O–H groups in total. The molecular formula is C18H24N4O2. The summed E-state index contributed by atoms with van der Waals surface area (Å²) in [5.41, 5.74) is 1.27. The molecule has 24 heavy (non-hydrogen) atoms. The summed E-state index contributed by atoms with van der Waals surface area (Å²) in [4.78, 5) is 11.1. The third kappa shape index (κ3) is 3.37. The van der Waals surface area contributed by atoms with Gasteiger partial charge >= 0.3 is 0 Å². The number of aromatic nitrogens is 2. The Labute approximate surface area is 142 Å². The van der Waals surface area contributed by atoms with Crippen molar-refractivity contribution in [3.05, 3.63) is 36.2 Å². The number of rotatable bonds is 6. The molecule has 128 valence electrons. The highest BCUT2D eigenvalue weighted by atomic mass is 16.5. The minimum absolute atomic E-state index is 0.592. The van der Waals surface area contributed by atoms with Gasteiger partial charge in [0.15, 0.2) is 23.1 Å². The van der Waals surface area contributed by atoms with Gasteiger partial charge in [-0.2, -0.15) is 0 Å². The second kappa shape index (κ2) is 7.38. The Morgan fingerprint density at radius 1 is 1.17 bits per heavy atom. The molecule has 1 aliphatic rings. The van der Waals surface area contributed by atoms with Gasteiger partial charge in [0.1, 0.15) is 0 Å². The summed E-state index contributed by atoms with van der Waals surface area (Å²) in [7, 11) is 5.21. The van der Waals surface area contributed by atoms with Crippen LogP contribution in [0.15, 0.2) is 30.6 Å². The van der Waals surface area contributed by atoms with E-state index in [0.717, 1.165) is 49.1 Å². The van der Waals surface area contributed by atoms with Crippen molar-refractivity contribution in [1.29, 1.82) is 0 Å². The van der Waals surface area contributed by atoms with Gasteiger partial charge in [0, 0.05) is 32.5 Å². The number of hydrogen-bond donors (Lipinski definition) is 1. The molecule has 1 fully saturated rings. The van der Waals surface area contributed by atoms with Crippen LogP contribution in [-0.4, -0.2) is 44.3 Å². The predicted octanol–water partition coefficient (Wildman–Crippen LogP) is 2.60. The van der Waals surface area contributed by atoms with Crippen LogP contribution in [-0.2, 0) is 6.42 Å². The third-order valence-corrected chi connectivity index (χ3v) is 4.47. The minimum Gasteiger partial charge on any atom is -0.493 e. The van der Waals surface area contributed by atoms with Crippen molar-refractivity contribution in [2.24, 2.45) is 5.92 Å². The second-order valence-electron chi connectivity index (χ2n) is 5.97. The van der Waals surface area contributed by atoms with Crippen LogP contribution in [0, 0.1) is 5.92 Å². The number of ether oxygens (including phenoxy) is 2. The number of methoxy groups -OCH3 is 2. The lowest BCUT2D eigenvalue weighted by molar-refractivity contribution is 0.354. The molecule has 0 saturated carbocycles. The summed E-state index contributed by atoms with van der Waals surface area (Å²) >= 11 is 0. The van der Waals surface area contributed by atoms with Crippen LogP contribution in [0.2, 0.25) is 0 Å². The zero-order valence-corrected chi connectivity index (χ0v) is 14.5. The summed E-state index contributed by atoms with van der Waals surface area (Å²) < 4.78 is 10.7. The van der Waals surface area contributed by atoms with Crippen molar-refractivity contribution < 1.29 is 9.47 Å². The first-order valence-electron chi connectivity index (χ1n) is 8.19. The molecular weight excluding hydrogens is 304 g/mol. The van der Waals surface area contributed by atoms with Crippen molar-refractivity contribution in [2.75, 3.05) is 44.6 Å². The Bertz CT molecular complexity index is 692. The SMILES string of the molecule is CNc1nccnc1N1CCC(Cc2ccc(OC)c(OC)c2)C1. The van der Waals surface area contributed by atoms with Crippen molar-refractivity contribution in [1.82, 2.24) is 9.97 Å². The van der Waals surface area contributed by atoms with E-state index < -0.39 is 0 Å². The van der Waals surface area contributed by atoms with Crippen LogP contribution in [0.5, 0.6) is 11.5 Å². The van der Waals surface area contributed by atoms with Gasteiger partial charge < -0.3 is 19.7 Å². The van der Waals surface area contributed by atoms with Crippen molar-refractivity contribution in [3.8, 4) is 11.5 Å². The molecule has 6 nitrogen and oxygen atoms in total. The quantitative estimate of drug-likeness (QED) is 0.879. The standard InChI is InChI=1S/C18H24N4O2/c1-19-17-18(21-8-7-20-17)22-9-6-14(12-22)10-13-4-5-15(23-2)16(11-13)24-3/h4-5,7-8,11,14H,6,9-10,12H2,1-3H3,(H,19,20). The van der Waals surface area contributed by atoms with Gasteiger partial charge in [0.05, 0.1) is 14.2 Å². The summed E-state index contributed by atoms with van der Waals surface area (Å²) in [6, 6.07) is 6.16. The molecule has 1 saturated heterocycles. The molecule has 1 aliphatic heterocycles. The van der Waals surface area contributed by atoms with E-state index in [9.17, 15) is 0 Å². The van der Waals surface area contributed by atoms with Crippen LogP contribution in [0.25, 0.3) is 0 Å². The van der Waals surface area contributed by atoms with Crippen LogP contribution in [0.1, 0.15) is 12.0 Å². The van der Waals surface area contributed by atoms with Gasteiger partial charge in [0.2, 0.25) is 0 Å². The number of nitrogens with zero attached hydrogens (tertiary/aromatic N) is 3. The Kier molecular flexibility index (Phi) is 5.03. The molecule has 0 bridgehead atoms. The van der Waals surface area contributed by atoms with Crippen LogP contribution < -0.4 is 19.7 Å². The monoisotopic (exact) mass is 328 g/mol. The van der Waals surface area contributed by atoms with E-state index in [1.807, 2.05) is 13.1 Å². The van der Waals surface area contributed by atoms with Crippen LogP contribution in [0.3, 0.4) is 0 Å². The lowest BCUT2D eigenvalue weighted by Crippen LogP contribution is -2.22. The molecule has 0 amide bonds. The first-order chi connectivity index (χ1) is 11.7. The van der Waals surface area contributed by atoms with Gasteiger partial charge in [-0.05, 0) is 36.5 Å². The molecule has 1 atom stereocenters. The Hall–Kier alpha value is -2.50. The normalized spacial score (nSPS) is 17.0. The molecule has 0 radical (unpaired) electrons. The Balaban J connectivity index is 1.68. The highest BCUT2D eigenvalue weighted by Gasteiger charge is 2.25. The van der Waals surface area contributed by atoms with E-state index in [4.69, 9.17) is 9.47 Å². The van der Waals surface area contributed by atoms with Crippen molar-refractivity contribution >= 4 is 11.6 Å². The van der Waals surface area contributed by atoms with Crippen LogP contribution in [0.4, 0.5) is 11.6 Å². The fourth-order valence-corrected chi connectivity index (χ4v) is 3.27. The number of anilines is 2. The molecule has 1 unspecified atom stereocenters. The molecule has 2 aromatic rings. The molecule has 2 heterocycles. The Morgan fingerprint density at radius 2 is 1.96 bits per heavy atom. The predicted molar refractivity (Wildman–Crippen MR) is 95.1 cm³/mol. The van der Waals surface area contributed by atoms with E-state index in [2.05, 4.69) is 32.3 Å². The molecule has 6 heteroatoms. The fourth-order valence-electron chi connectivity index (χ4n) is 3.27. The number of benzene rings is 1. The first kappa shape index (κ1) is 16.4. The maximum atomic E-state index is 5.40. The van der Waals surface area contributed by atoms with E-state index in [1.54, 1.807) is 26.6 Å². The van der Waals surface area contributed by atoms with Gasteiger partial charge in [-0.25, -0.2) is 9.97 Å². The summed E-state index contributed by atoms with van der Waals surface area (Å²) in [5, 5.41) is 3.12. The summed E-state index contributed by atoms with van der Waals surface area (Å²) in [5.74, 6) is 3.93. The topological polar surface area (TPSA) is 59.5 Å². The zero-order valence-electron chi connectivity index (χ0n) is 14.5. The molecule has 3 rings (SSSR count). The average Bonchev–Trinajstić information content (AvgIpc) is 3.09. The lowest BCUT2D eigenvalue weighted by atomic mass is 9.98. The first-order valence-corrected chi connectivity index (χ1v) is 8.19. The molecule has 1 aromatic heterocycles. The van der Waals surface area contributed by atoms with Gasteiger partial charge in [-0.1, -0.05) is 6.07 Å². The minimum atomic E-state index is 0.592. The Morgan fingerprint density at radius 3 is 2.71 bits per heavy atom. The maximum absolute atomic E-state index is 5.40. The molecule has 0 aliphatic carbocycles. The molecule has 1 aromatic carbocycles. The van der Waals surface area contributed by atoms with Gasteiger partial charge in [-0.15, -0.1) is 0 Å². The molecule has 0 spiro atoms. The van der Waals surface area contributed by atoms with Gasteiger partial charge in [-0.3, -0.25) is 0 Å². The highest BCUT2D eigenvalue weighted by molar-refractivity contribution is 5.60. The van der Waals surface area contributed by atoms with Crippen LogP contribution >= 0.6 is 0 Å². The van der Waals surface area contributed by atoms with E-state index >= 15 is 0 Å². The van der Waals surface area contributed by atoms with Gasteiger partial charge in [0.25, 0.3) is 0 Å². The van der Waals surface area contributed by atoms with Crippen molar-refractivity contribution in [3.63, 3.8) is 0 Å². The number of hydrogen-bond acceptors (Lipinski definition) is 6. The highest BCUT2D eigenvalue weighted by Crippen LogP contribution is 2.31. The second-order valence-corrected chi connectivity index (χ2v) is 5.97. The van der Waals surface area contributed by atoms with Crippen molar-refractivity contribution in [2.45, 2.75) is 12.8 Å². The maximum Gasteiger partial charge on any atom is 0.171 e. The number of nitrogens with one attached hydrogen (secondary N) is 1. The largest absolute Gasteiger partial charge is 0.493 e.